The molecule has 0 spiro atoms. The van der Waals surface area contributed by atoms with Gasteiger partial charge in [-0.15, -0.1) is 0 Å². The van der Waals surface area contributed by atoms with Gasteiger partial charge >= 0.3 is 0 Å². The summed E-state index contributed by atoms with van der Waals surface area (Å²) in [5.74, 6) is 1.12. The van der Waals surface area contributed by atoms with Crippen LogP contribution in [0.5, 0.6) is 5.75 Å². The third-order valence-electron chi connectivity index (χ3n) is 3.61. The largest absolute Gasteiger partial charge is 0.457 e. The van der Waals surface area contributed by atoms with E-state index in [1.165, 1.54) is 5.54 Å². The van der Waals surface area contributed by atoms with Gasteiger partial charge in [0.25, 0.3) is 0 Å². The van der Waals surface area contributed by atoms with E-state index in [-0.39, 0.29) is 11.5 Å². The van der Waals surface area contributed by atoms with Gasteiger partial charge in [0.1, 0.15) is 17.6 Å². The summed E-state index contributed by atoms with van der Waals surface area (Å²) in [6.07, 6.45) is 6.76. The zero-order valence-corrected chi connectivity index (χ0v) is 17.7. The average Bonchev–Trinajstić information content (AvgIpc) is 2.60. The fraction of sp³-hybridized carbons (Fsp3) is 0.286. The van der Waals surface area contributed by atoms with Gasteiger partial charge in [0.2, 0.25) is 0 Å². The lowest BCUT2D eigenvalue weighted by atomic mass is 9.87. The molecule has 1 unspecified atom stereocenters. The summed E-state index contributed by atoms with van der Waals surface area (Å²) < 4.78 is 12.2. The average molecular weight is 427 g/mol. The van der Waals surface area contributed by atoms with Gasteiger partial charge in [-0.2, -0.15) is 0 Å². The van der Waals surface area contributed by atoms with Crippen LogP contribution in [0, 0.1) is 5.41 Å². The summed E-state index contributed by atoms with van der Waals surface area (Å²) in [5, 5.41) is 0.967. The van der Waals surface area contributed by atoms with Crippen LogP contribution in [0.15, 0.2) is 60.1 Å². The Morgan fingerprint density at radius 1 is 1.22 bits per heavy atom. The van der Waals surface area contributed by atoms with Gasteiger partial charge in [0.05, 0.1) is 11.6 Å². The number of nitrogens with zero attached hydrogens (tertiary/aromatic N) is 1. The maximum absolute atomic E-state index is 6.30. The predicted molar refractivity (Wildman–Crippen MR) is 113 cm³/mol. The molecule has 0 saturated heterocycles. The zero-order chi connectivity index (χ0) is 19.9. The van der Waals surface area contributed by atoms with Crippen molar-refractivity contribution in [1.29, 1.82) is 0 Å². The van der Waals surface area contributed by atoms with Gasteiger partial charge in [-0.1, -0.05) is 61.6 Å². The molecule has 0 amide bonds. The second-order valence-electron chi connectivity index (χ2n) is 6.95. The van der Waals surface area contributed by atoms with E-state index in [0.29, 0.717) is 28.2 Å². The van der Waals surface area contributed by atoms with Crippen LogP contribution in [-0.4, -0.2) is 17.7 Å². The highest BCUT2D eigenvalue weighted by atomic mass is 35.5. The highest BCUT2D eigenvalue weighted by molar-refractivity contribution is 6.35. The van der Waals surface area contributed by atoms with Gasteiger partial charge < -0.3 is 9.47 Å². The fourth-order valence-corrected chi connectivity index (χ4v) is 2.94. The lowest BCUT2D eigenvalue weighted by Crippen LogP contribution is -2.33. The number of benzene rings is 1. The van der Waals surface area contributed by atoms with Gasteiger partial charge in [0.15, 0.2) is 0 Å². The van der Waals surface area contributed by atoms with Gasteiger partial charge in [0, 0.05) is 23.0 Å². The van der Waals surface area contributed by atoms with Crippen molar-refractivity contribution >= 4 is 40.9 Å². The molecule has 3 nitrogen and oxygen atoms in total. The van der Waals surface area contributed by atoms with Crippen molar-refractivity contribution in [2.24, 2.45) is 5.41 Å². The summed E-state index contributed by atoms with van der Waals surface area (Å²) in [6.45, 7) is 6.58. The van der Waals surface area contributed by atoms with Gasteiger partial charge in [-0.05, 0) is 47.4 Å². The Morgan fingerprint density at radius 2 is 2.00 bits per heavy atom. The number of hydrogen-bond donors (Lipinski definition) is 0. The second-order valence-corrected chi connectivity index (χ2v) is 8.05. The molecule has 0 N–H and O–H groups in total. The molecular weight excluding hydrogens is 405 g/mol. The monoisotopic (exact) mass is 425 g/mol. The van der Waals surface area contributed by atoms with Crippen molar-refractivity contribution in [3.8, 4) is 5.75 Å². The molecule has 144 valence electrons. The fourth-order valence-electron chi connectivity index (χ4n) is 2.42. The van der Waals surface area contributed by atoms with E-state index in [2.05, 4.69) is 25.8 Å². The topological polar surface area (TPSA) is 31.4 Å². The molecular formula is C21H22Cl3NO2. The SMILES string of the molecule is CC(C)(C)C(OCC=CCl)C(=Cc1cccnc1)Oc1ccc(Cl)cc1Cl. The molecule has 1 aromatic heterocycles. The first-order valence-electron chi connectivity index (χ1n) is 8.42. The second kappa shape index (κ2) is 10.1. The molecule has 6 heteroatoms. The lowest BCUT2D eigenvalue weighted by Gasteiger charge is -2.32. The van der Waals surface area contributed by atoms with E-state index in [4.69, 9.17) is 44.3 Å². The van der Waals surface area contributed by atoms with Crippen LogP contribution in [0.3, 0.4) is 0 Å². The minimum absolute atomic E-state index is 0.243. The Labute approximate surface area is 175 Å². The van der Waals surface area contributed by atoms with Gasteiger partial charge in [-0.25, -0.2) is 0 Å². The summed E-state index contributed by atoms with van der Waals surface area (Å²) in [6, 6.07) is 8.91. The zero-order valence-electron chi connectivity index (χ0n) is 15.5. The van der Waals surface area contributed by atoms with Crippen LogP contribution >= 0.6 is 34.8 Å². The molecule has 0 bridgehead atoms. The lowest BCUT2D eigenvalue weighted by molar-refractivity contribution is 0.00171. The number of ether oxygens (including phenoxy) is 2. The molecule has 27 heavy (non-hydrogen) atoms. The summed E-state index contributed by atoms with van der Waals surface area (Å²) in [4.78, 5) is 4.16. The number of halogens is 3. The minimum Gasteiger partial charge on any atom is -0.457 e. The van der Waals surface area contributed by atoms with Crippen LogP contribution in [-0.2, 0) is 4.74 Å². The molecule has 2 aromatic rings. The number of hydrogen-bond acceptors (Lipinski definition) is 3. The molecule has 0 fully saturated rings. The Hall–Kier alpha value is -1.52. The predicted octanol–water partition coefficient (Wildman–Crippen LogP) is 6.99. The maximum atomic E-state index is 6.30. The number of aromatic nitrogens is 1. The van der Waals surface area contributed by atoms with Crippen molar-refractivity contribution < 1.29 is 9.47 Å². The van der Waals surface area contributed by atoms with E-state index < -0.39 is 0 Å². The van der Waals surface area contributed by atoms with Gasteiger partial charge in [-0.3, -0.25) is 4.98 Å². The third kappa shape index (κ3) is 6.86. The Balaban J connectivity index is 2.45. The standard InChI is InChI=1S/C21H22Cl3NO2/c1-21(2,3)20(26-11-5-9-22)19(12-15-6-4-10-25-14-15)27-18-8-7-16(23)13-17(18)24/h4-10,12-14,20H,11H2,1-3H3. The Bertz CT molecular complexity index is 799. The summed E-state index contributed by atoms with van der Waals surface area (Å²) in [7, 11) is 0. The molecule has 1 atom stereocenters. The Morgan fingerprint density at radius 3 is 2.59 bits per heavy atom. The first-order chi connectivity index (χ1) is 12.8. The molecule has 1 heterocycles. The van der Waals surface area contributed by atoms with Crippen LogP contribution in [0.25, 0.3) is 6.08 Å². The summed E-state index contributed by atoms with van der Waals surface area (Å²) in [5.41, 5.74) is 2.08. The van der Waals surface area contributed by atoms with Crippen molar-refractivity contribution in [1.82, 2.24) is 4.98 Å². The van der Waals surface area contributed by atoms with E-state index >= 15 is 0 Å². The molecule has 0 saturated carbocycles. The molecule has 0 aliphatic heterocycles. The minimum atomic E-state index is -0.350. The first-order valence-corrected chi connectivity index (χ1v) is 9.62. The molecule has 0 radical (unpaired) electrons. The van der Waals surface area contributed by atoms with E-state index in [1.54, 1.807) is 36.7 Å². The van der Waals surface area contributed by atoms with Crippen LogP contribution in [0.1, 0.15) is 26.3 Å². The molecule has 1 aromatic carbocycles. The van der Waals surface area contributed by atoms with Crippen molar-refractivity contribution in [3.05, 3.63) is 75.7 Å². The summed E-state index contributed by atoms with van der Waals surface area (Å²) >= 11 is 17.9. The quantitative estimate of drug-likeness (QED) is 0.447. The first kappa shape index (κ1) is 21.8. The van der Waals surface area contributed by atoms with Crippen LogP contribution in [0.4, 0.5) is 0 Å². The van der Waals surface area contributed by atoms with Crippen LogP contribution < -0.4 is 4.74 Å². The smallest absolute Gasteiger partial charge is 0.145 e. The van der Waals surface area contributed by atoms with Crippen molar-refractivity contribution in [3.63, 3.8) is 0 Å². The Kier molecular flexibility index (Phi) is 8.18. The normalized spacial score (nSPS) is 13.8. The highest BCUT2D eigenvalue weighted by Crippen LogP contribution is 2.34. The van der Waals surface area contributed by atoms with Crippen LogP contribution in [0.2, 0.25) is 10.0 Å². The molecule has 0 aliphatic rings. The molecule has 2 rings (SSSR count). The molecule has 0 aliphatic carbocycles. The maximum Gasteiger partial charge on any atom is 0.145 e. The van der Waals surface area contributed by atoms with E-state index in [0.717, 1.165) is 5.56 Å². The number of rotatable bonds is 7. The highest BCUT2D eigenvalue weighted by Gasteiger charge is 2.31. The van der Waals surface area contributed by atoms with E-state index in [1.807, 2.05) is 18.2 Å². The van der Waals surface area contributed by atoms with Crippen molar-refractivity contribution in [2.45, 2.75) is 26.9 Å². The third-order valence-corrected chi connectivity index (χ3v) is 4.32. The number of pyridine rings is 1. The van der Waals surface area contributed by atoms with Crippen molar-refractivity contribution in [2.75, 3.05) is 6.61 Å². The van der Waals surface area contributed by atoms with E-state index in [9.17, 15) is 0 Å².